The molecule has 0 aliphatic heterocycles. The zero-order valence-electron chi connectivity index (χ0n) is 9.66. The summed E-state index contributed by atoms with van der Waals surface area (Å²) in [5, 5.41) is 0. The number of allylic oxidation sites excluding steroid dienone is 4. The van der Waals surface area contributed by atoms with Crippen molar-refractivity contribution in [2.45, 2.75) is 29.4 Å². The average molecular weight is 458 g/mol. The fourth-order valence-electron chi connectivity index (χ4n) is 3.83. The third-order valence-corrected chi connectivity index (χ3v) is 7.39. The van der Waals surface area contributed by atoms with Gasteiger partial charge in [0, 0.05) is 0 Å². The standard InChI is InChI=1S/C13H17.3ClH.Hf/c1-3-7-12-10(5-1)9-11-6-2-4-8-13(11)12;;;;/h1,3,5,7,9-13H,2,4,6,8H2;3*1H;/q;;;;+3/p-3. The average Bonchev–Trinajstić information content (AvgIpc) is 2.55. The number of fused-ring (bicyclic) bond motifs is 3. The molecule has 0 aromatic carbocycles. The van der Waals surface area contributed by atoms with Crippen LogP contribution in [0.2, 0.25) is 3.67 Å². The molecule has 0 spiro atoms. The monoisotopic (exact) mass is 458 g/mol. The van der Waals surface area contributed by atoms with Crippen molar-refractivity contribution in [2.75, 3.05) is 0 Å². The van der Waals surface area contributed by atoms with Crippen LogP contribution in [-0.2, 0) is 24.4 Å². The third-order valence-electron chi connectivity index (χ3n) is 4.47. The van der Waals surface area contributed by atoms with E-state index in [0.717, 1.165) is 27.3 Å². The molecule has 0 nitrogen and oxygen atoms in total. The van der Waals surface area contributed by atoms with Gasteiger partial charge in [-0.05, 0) is 0 Å². The van der Waals surface area contributed by atoms with Crippen molar-refractivity contribution in [3.8, 4) is 0 Å². The summed E-state index contributed by atoms with van der Waals surface area (Å²) >= 11 is 1.41. The van der Waals surface area contributed by atoms with Crippen molar-refractivity contribution in [3.05, 3.63) is 24.3 Å². The Labute approximate surface area is 138 Å². The van der Waals surface area contributed by atoms with Gasteiger partial charge in [0.25, 0.3) is 0 Å². The van der Waals surface area contributed by atoms with Crippen LogP contribution in [-0.4, -0.2) is 0 Å². The molecule has 0 aromatic heterocycles. The Morgan fingerprint density at radius 1 is 0.765 bits per heavy atom. The van der Waals surface area contributed by atoms with Crippen LogP contribution in [0.1, 0.15) is 25.7 Å². The summed E-state index contributed by atoms with van der Waals surface area (Å²) in [7, 11) is 0. The molecule has 2 fully saturated rings. The van der Waals surface area contributed by atoms with Crippen molar-refractivity contribution in [1.82, 2.24) is 0 Å². The first kappa shape index (κ1) is 18.2. The Morgan fingerprint density at radius 2 is 1.29 bits per heavy atom. The van der Waals surface area contributed by atoms with Crippen molar-refractivity contribution >= 4 is 0 Å². The van der Waals surface area contributed by atoms with Gasteiger partial charge in [0.15, 0.2) is 0 Å². The first-order valence-electron chi connectivity index (χ1n) is 5.94. The van der Waals surface area contributed by atoms with Crippen LogP contribution in [0.15, 0.2) is 24.3 Å². The van der Waals surface area contributed by atoms with E-state index in [9.17, 15) is 0 Å². The molecule has 0 radical (unpaired) electrons. The van der Waals surface area contributed by atoms with Gasteiger partial charge in [-0.25, -0.2) is 0 Å². The maximum atomic E-state index is 2.51. The Morgan fingerprint density at radius 3 is 1.94 bits per heavy atom. The van der Waals surface area contributed by atoms with E-state index in [1.807, 2.05) is 0 Å². The molecule has 5 atom stereocenters. The van der Waals surface area contributed by atoms with E-state index in [1.54, 1.807) is 0 Å². The fraction of sp³-hybridized carbons (Fsp3) is 0.692. The zero-order valence-corrected chi connectivity index (χ0v) is 15.5. The van der Waals surface area contributed by atoms with Crippen molar-refractivity contribution in [1.29, 1.82) is 0 Å². The summed E-state index contributed by atoms with van der Waals surface area (Å²) in [6.07, 6.45) is 15.6. The summed E-state index contributed by atoms with van der Waals surface area (Å²) in [5.74, 6) is 4.00. The molecule has 3 rings (SSSR count). The molecule has 3 aliphatic carbocycles. The van der Waals surface area contributed by atoms with Gasteiger partial charge in [-0.15, -0.1) is 0 Å². The quantitative estimate of drug-likeness (QED) is 0.318. The molecule has 5 unspecified atom stereocenters. The van der Waals surface area contributed by atoms with Crippen LogP contribution in [0.5, 0.6) is 0 Å². The predicted octanol–water partition coefficient (Wildman–Crippen LogP) is -5.49. The van der Waals surface area contributed by atoms with E-state index in [2.05, 4.69) is 24.3 Å². The molecule has 0 bridgehead atoms. The molecule has 0 amide bonds. The van der Waals surface area contributed by atoms with E-state index in [4.69, 9.17) is 0 Å². The predicted molar refractivity (Wildman–Crippen MR) is 54.5 cm³/mol. The third kappa shape index (κ3) is 3.22. The molecular formula is C13H17Cl3Hf. The minimum atomic E-state index is 0. The summed E-state index contributed by atoms with van der Waals surface area (Å²) in [6, 6.07) is 0. The second-order valence-corrected chi connectivity index (χ2v) is 7.46. The molecular weight excluding hydrogens is 441 g/mol. The van der Waals surface area contributed by atoms with Crippen LogP contribution in [0.3, 0.4) is 0 Å². The van der Waals surface area contributed by atoms with Gasteiger partial charge in [-0.2, -0.15) is 0 Å². The van der Waals surface area contributed by atoms with Gasteiger partial charge in [-0.3, -0.25) is 0 Å². The van der Waals surface area contributed by atoms with E-state index < -0.39 is 0 Å². The van der Waals surface area contributed by atoms with Crippen molar-refractivity contribution < 1.29 is 61.6 Å². The normalized spacial score (nSPS) is 41.4. The summed E-state index contributed by atoms with van der Waals surface area (Å²) < 4.78 is 1.08. The molecule has 0 N–H and O–H groups in total. The summed E-state index contributed by atoms with van der Waals surface area (Å²) in [4.78, 5) is 0. The van der Waals surface area contributed by atoms with E-state index in [-0.39, 0.29) is 37.2 Å². The first-order chi connectivity index (χ1) is 6.88. The Kier molecular flexibility index (Phi) is 8.28. The Hall–Kier alpha value is 1.22. The number of rotatable bonds is 0. The number of hydrogen-bond acceptors (Lipinski definition) is 0. The van der Waals surface area contributed by atoms with Crippen LogP contribution in [0.4, 0.5) is 0 Å². The molecule has 3 aliphatic rings. The Balaban J connectivity index is 0.000000853. The SMILES string of the molecule is [Cl-].[Cl-].[Cl-].[Hf+3][CH]1C2C=CC=CC2C2CCCCC12. The van der Waals surface area contributed by atoms with Gasteiger partial charge in [0.2, 0.25) is 0 Å². The van der Waals surface area contributed by atoms with Gasteiger partial charge >= 0.3 is 102 Å². The number of halogens is 3. The fourth-order valence-corrected chi connectivity index (χ4v) is 6.51. The van der Waals surface area contributed by atoms with Crippen molar-refractivity contribution in [2.24, 2.45) is 23.7 Å². The van der Waals surface area contributed by atoms with Gasteiger partial charge in [-0.1, -0.05) is 0 Å². The van der Waals surface area contributed by atoms with Crippen LogP contribution < -0.4 is 37.2 Å². The van der Waals surface area contributed by atoms with Crippen molar-refractivity contribution in [3.63, 3.8) is 0 Å². The maximum absolute atomic E-state index is 2.51. The molecule has 0 aromatic rings. The minimum absolute atomic E-state index is 0. The van der Waals surface area contributed by atoms with Gasteiger partial charge < -0.3 is 37.2 Å². The van der Waals surface area contributed by atoms with Crippen LogP contribution in [0.25, 0.3) is 0 Å². The van der Waals surface area contributed by atoms with Gasteiger partial charge in [0.05, 0.1) is 0 Å². The number of hydrogen-bond donors (Lipinski definition) is 0. The van der Waals surface area contributed by atoms with E-state index in [1.165, 1.54) is 50.1 Å². The van der Waals surface area contributed by atoms with E-state index in [0.29, 0.717) is 0 Å². The molecule has 0 heterocycles. The molecule has 94 valence electrons. The zero-order chi connectivity index (χ0) is 9.54. The van der Waals surface area contributed by atoms with Crippen LogP contribution in [0, 0.1) is 23.7 Å². The second-order valence-electron chi connectivity index (χ2n) is 5.06. The molecule has 0 saturated heterocycles. The summed E-state index contributed by atoms with van der Waals surface area (Å²) in [6.45, 7) is 0. The molecule has 17 heavy (non-hydrogen) atoms. The van der Waals surface area contributed by atoms with Gasteiger partial charge in [0.1, 0.15) is 0 Å². The summed E-state index contributed by atoms with van der Waals surface area (Å²) in [5.41, 5.74) is 0. The van der Waals surface area contributed by atoms with E-state index >= 15 is 0 Å². The Bertz CT molecular complexity index is 290. The molecule has 2 saturated carbocycles. The first-order valence-corrected chi connectivity index (χ1v) is 8.01. The topological polar surface area (TPSA) is 0 Å². The van der Waals surface area contributed by atoms with Crippen LogP contribution >= 0.6 is 0 Å². The second kappa shape index (κ2) is 7.72. The molecule has 4 heteroatoms.